The fourth-order valence-corrected chi connectivity index (χ4v) is 0.227. The van der Waals surface area contributed by atoms with E-state index in [-0.39, 0.29) is 5.59 Å². The van der Waals surface area contributed by atoms with Crippen molar-refractivity contribution in [1.29, 1.82) is 0 Å². The van der Waals surface area contributed by atoms with Crippen LogP contribution in [0.1, 0.15) is 0 Å². The molecule has 0 aliphatic rings. The van der Waals surface area contributed by atoms with E-state index in [2.05, 4.69) is 9.15 Å². The van der Waals surface area contributed by atoms with E-state index >= 15 is 0 Å². The molecule has 10 heavy (non-hydrogen) atoms. The van der Waals surface area contributed by atoms with Crippen LogP contribution < -0.4 is 0 Å². The lowest BCUT2D eigenvalue weighted by molar-refractivity contribution is 0.198. The lowest BCUT2D eigenvalue weighted by atomic mass is 10.7. The second kappa shape index (κ2) is 6.09. The fourth-order valence-electron chi connectivity index (χ4n) is 0.227. The van der Waals surface area contributed by atoms with Crippen LogP contribution in [0.3, 0.4) is 0 Å². The molecular formula is C6H10O3Si. The van der Waals surface area contributed by atoms with Gasteiger partial charge in [0.05, 0.1) is 19.6 Å². The molecule has 0 aromatic carbocycles. The number of hydrogen-bond donors (Lipinski definition) is 0. The van der Waals surface area contributed by atoms with Gasteiger partial charge in [-0.25, -0.2) is 0 Å². The molecule has 0 radical (unpaired) electrons. The van der Waals surface area contributed by atoms with Gasteiger partial charge < -0.3 is 9.15 Å². The third-order valence-electron chi connectivity index (χ3n) is 0.713. The first-order valence-electron chi connectivity index (χ1n) is 2.79. The summed E-state index contributed by atoms with van der Waals surface area (Å²) in [7, 11) is 1.89. The van der Waals surface area contributed by atoms with Gasteiger partial charge in [0.25, 0.3) is 5.59 Å². The van der Waals surface area contributed by atoms with E-state index < -0.39 is 0 Å². The molecule has 0 aliphatic heterocycles. The quantitative estimate of drug-likeness (QED) is 0.513. The van der Waals surface area contributed by atoms with Gasteiger partial charge >= 0.3 is 0 Å². The summed E-state index contributed by atoms with van der Waals surface area (Å²) in [5.41, 5.74) is -0.106. The van der Waals surface area contributed by atoms with E-state index in [4.69, 9.17) is 0 Å². The summed E-state index contributed by atoms with van der Waals surface area (Å²) in [6, 6.07) is 3.67. The summed E-state index contributed by atoms with van der Waals surface area (Å²) >= 11 is 0. The normalized spacial score (nSPS) is 7.70. The molecule has 0 fully saturated rings. The summed E-state index contributed by atoms with van der Waals surface area (Å²) in [4.78, 5) is 9.65. The molecule has 0 N–H and O–H groups in total. The Morgan fingerprint density at radius 3 is 2.00 bits per heavy atom. The van der Waals surface area contributed by atoms with Crippen molar-refractivity contribution in [3.8, 4) is 0 Å². The highest BCUT2D eigenvalue weighted by molar-refractivity contribution is 6.55. The number of carbonyl (C=O) groups is 1. The smallest absolute Gasteiger partial charge is 0.260 e. The van der Waals surface area contributed by atoms with Crippen LogP contribution in [-0.4, -0.2) is 22.9 Å². The average Bonchev–Trinajstić information content (AvgIpc) is 2.43. The number of hydrogen-bond acceptors (Lipinski definition) is 3. The van der Waals surface area contributed by atoms with Gasteiger partial charge in [0, 0.05) is 0 Å². The van der Waals surface area contributed by atoms with Crippen molar-refractivity contribution < 1.29 is 13.9 Å². The Kier molecular flexibility index (Phi) is 5.46. The summed E-state index contributed by atoms with van der Waals surface area (Å²) in [5.74, 6) is 0. The largest absolute Gasteiger partial charge is 0.474 e. The van der Waals surface area contributed by atoms with E-state index in [0.717, 1.165) is 0 Å². The van der Waals surface area contributed by atoms with Crippen molar-refractivity contribution in [3.05, 3.63) is 24.7 Å². The molecule has 56 valence electrons. The standard InChI is InChI=1S/C4H4O.C2H6O2Si/c1-2-4-5-3-1;1-4-2(3)5/h1-4H;1,5H3. The zero-order valence-corrected chi connectivity index (χ0v) is 8.03. The SMILES string of the molecule is COC(=O)[SiH3].c1ccoc1. The van der Waals surface area contributed by atoms with Gasteiger partial charge in [-0.15, -0.1) is 0 Å². The Hall–Kier alpha value is -1.03. The van der Waals surface area contributed by atoms with Gasteiger partial charge in [-0.05, 0) is 12.1 Å². The van der Waals surface area contributed by atoms with Gasteiger partial charge in [0.2, 0.25) is 0 Å². The summed E-state index contributed by atoms with van der Waals surface area (Å²) in [5, 5.41) is 0. The van der Waals surface area contributed by atoms with Crippen molar-refractivity contribution >= 4 is 15.8 Å². The maximum absolute atomic E-state index is 9.65. The predicted molar refractivity (Wildman–Crippen MR) is 41.1 cm³/mol. The minimum absolute atomic E-state index is 0.106. The summed E-state index contributed by atoms with van der Waals surface area (Å²) in [6.07, 6.45) is 3.25. The van der Waals surface area contributed by atoms with E-state index in [1.807, 2.05) is 12.1 Å². The Morgan fingerprint density at radius 1 is 1.50 bits per heavy atom. The molecule has 0 aliphatic carbocycles. The van der Waals surface area contributed by atoms with E-state index in [1.54, 1.807) is 12.5 Å². The van der Waals surface area contributed by atoms with Gasteiger partial charge in [-0.1, -0.05) is 0 Å². The first-order valence-corrected chi connectivity index (χ1v) is 3.79. The lowest BCUT2D eigenvalue weighted by Gasteiger charge is -1.81. The highest BCUT2D eigenvalue weighted by atomic mass is 28.1. The van der Waals surface area contributed by atoms with Crippen LogP contribution in [0.5, 0.6) is 0 Å². The van der Waals surface area contributed by atoms with Gasteiger partial charge in [0.1, 0.15) is 10.2 Å². The van der Waals surface area contributed by atoms with E-state index in [1.165, 1.54) is 7.11 Å². The second-order valence-electron chi connectivity index (χ2n) is 1.49. The minimum Gasteiger partial charge on any atom is -0.474 e. The van der Waals surface area contributed by atoms with Crippen molar-refractivity contribution in [3.63, 3.8) is 0 Å². The number of furan rings is 1. The van der Waals surface area contributed by atoms with E-state index in [9.17, 15) is 4.79 Å². The van der Waals surface area contributed by atoms with Crippen LogP contribution >= 0.6 is 0 Å². The first kappa shape index (κ1) is 8.97. The number of rotatable bonds is 0. The first-order chi connectivity index (χ1) is 4.77. The van der Waals surface area contributed by atoms with Crippen LogP contribution in [0.25, 0.3) is 0 Å². The van der Waals surface area contributed by atoms with Crippen molar-refractivity contribution in [2.24, 2.45) is 0 Å². The topological polar surface area (TPSA) is 39.4 Å². The molecule has 1 rings (SSSR count). The van der Waals surface area contributed by atoms with Gasteiger partial charge in [-0.2, -0.15) is 0 Å². The van der Waals surface area contributed by atoms with Crippen molar-refractivity contribution in [1.82, 2.24) is 0 Å². The molecule has 0 saturated heterocycles. The molecule has 0 bridgehead atoms. The summed E-state index contributed by atoms with van der Waals surface area (Å²) in [6.45, 7) is 0. The molecule has 3 nitrogen and oxygen atoms in total. The molecular weight excluding hydrogens is 148 g/mol. The number of methoxy groups -OCH3 is 1. The molecule has 0 atom stereocenters. The molecule has 1 aromatic heterocycles. The van der Waals surface area contributed by atoms with Crippen molar-refractivity contribution in [2.45, 2.75) is 0 Å². The zero-order valence-electron chi connectivity index (χ0n) is 6.03. The zero-order chi connectivity index (χ0) is 7.82. The third-order valence-corrected chi connectivity index (χ3v) is 1.12. The number of carbonyl (C=O) groups excluding carboxylic acids is 1. The fraction of sp³-hybridized carbons (Fsp3) is 0.167. The third kappa shape index (κ3) is 6.97. The predicted octanol–water partition coefficient (Wildman–Crippen LogP) is 0.398. The van der Waals surface area contributed by atoms with E-state index in [0.29, 0.717) is 10.2 Å². The van der Waals surface area contributed by atoms with Crippen molar-refractivity contribution in [2.75, 3.05) is 7.11 Å². The molecule has 1 heterocycles. The second-order valence-corrected chi connectivity index (χ2v) is 2.31. The van der Waals surface area contributed by atoms with Crippen LogP contribution in [0.15, 0.2) is 29.1 Å². The molecule has 0 saturated carbocycles. The maximum atomic E-state index is 9.65. The Balaban J connectivity index is 0.000000162. The highest BCUT2D eigenvalue weighted by Gasteiger charge is 1.75. The molecule has 0 amide bonds. The van der Waals surface area contributed by atoms with Crippen LogP contribution in [0.2, 0.25) is 0 Å². The molecule has 4 heteroatoms. The minimum atomic E-state index is -0.106. The molecule has 0 unspecified atom stereocenters. The molecule has 0 spiro atoms. The molecule has 1 aromatic rings. The number of ether oxygens (including phenoxy) is 1. The monoisotopic (exact) mass is 158 g/mol. The van der Waals surface area contributed by atoms with Crippen LogP contribution in [0.4, 0.5) is 4.79 Å². The van der Waals surface area contributed by atoms with Crippen LogP contribution in [0, 0.1) is 0 Å². The lowest BCUT2D eigenvalue weighted by Crippen LogP contribution is -1.92. The Labute approximate surface area is 62.4 Å². The average molecular weight is 158 g/mol. The Morgan fingerprint density at radius 2 is 1.90 bits per heavy atom. The van der Waals surface area contributed by atoms with Crippen LogP contribution in [-0.2, 0) is 4.74 Å². The highest BCUT2D eigenvalue weighted by Crippen LogP contribution is 1.79. The summed E-state index contributed by atoms with van der Waals surface area (Å²) < 4.78 is 8.76. The van der Waals surface area contributed by atoms with Gasteiger partial charge in [0.15, 0.2) is 0 Å². The van der Waals surface area contributed by atoms with Gasteiger partial charge in [-0.3, -0.25) is 4.79 Å². The maximum Gasteiger partial charge on any atom is 0.260 e. The Bertz CT molecular complexity index is 142.